The average molecular weight is 360 g/mol. The zero-order valence-electron chi connectivity index (χ0n) is 10.8. The van der Waals surface area contributed by atoms with Crippen molar-refractivity contribution in [3.63, 3.8) is 0 Å². The first-order chi connectivity index (χ1) is 9.56. The Bertz CT molecular complexity index is 566. The molecule has 0 amide bonds. The summed E-state index contributed by atoms with van der Waals surface area (Å²) in [5.41, 5.74) is 1.80. The lowest BCUT2D eigenvalue weighted by Crippen LogP contribution is -2.10. The Morgan fingerprint density at radius 2 is 1.60 bits per heavy atom. The predicted molar refractivity (Wildman–Crippen MR) is 82.5 cm³/mol. The second kappa shape index (κ2) is 7.19. The largest absolute Gasteiger partial charge is 0.207 e. The monoisotopic (exact) mass is 358 g/mol. The highest BCUT2D eigenvalue weighted by Crippen LogP contribution is 2.20. The van der Waals surface area contributed by atoms with Crippen LogP contribution in [0.4, 0.5) is 8.78 Å². The Morgan fingerprint density at radius 3 is 2.20 bits per heavy atom. The number of rotatable bonds is 5. The van der Waals surface area contributed by atoms with E-state index in [0.717, 1.165) is 23.4 Å². The van der Waals surface area contributed by atoms with Gasteiger partial charge in [0.1, 0.15) is 11.6 Å². The van der Waals surface area contributed by atoms with E-state index >= 15 is 0 Å². The lowest BCUT2D eigenvalue weighted by atomic mass is 9.94. The molecule has 0 saturated carbocycles. The molecule has 1 atom stereocenters. The highest BCUT2D eigenvalue weighted by molar-refractivity contribution is 9.09. The van der Waals surface area contributed by atoms with E-state index in [4.69, 9.17) is 11.6 Å². The molecule has 0 fully saturated rings. The van der Waals surface area contributed by atoms with Crippen molar-refractivity contribution in [3.05, 3.63) is 70.2 Å². The molecule has 0 bridgehead atoms. The smallest absolute Gasteiger partial charge is 0.126 e. The van der Waals surface area contributed by atoms with Crippen molar-refractivity contribution in [1.82, 2.24) is 0 Å². The standard InChI is InChI=1S/C16H14BrClF2/c17-10-13(4-11-2-1-3-14(18)6-11)5-12-7-15(19)9-16(20)8-12/h1-3,6-9,13H,4-5,10H2. The van der Waals surface area contributed by atoms with E-state index in [1.54, 1.807) is 0 Å². The third-order valence-electron chi connectivity index (χ3n) is 3.08. The summed E-state index contributed by atoms with van der Waals surface area (Å²) in [4.78, 5) is 0. The Labute approximate surface area is 130 Å². The highest BCUT2D eigenvalue weighted by Gasteiger charge is 2.11. The van der Waals surface area contributed by atoms with Crippen LogP contribution in [0.25, 0.3) is 0 Å². The summed E-state index contributed by atoms with van der Waals surface area (Å²) in [6, 6.07) is 11.3. The fourth-order valence-corrected chi connectivity index (χ4v) is 2.91. The molecule has 0 heterocycles. The van der Waals surface area contributed by atoms with Gasteiger partial charge in [-0.1, -0.05) is 39.7 Å². The van der Waals surface area contributed by atoms with Gasteiger partial charge in [-0.15, -0.1) is 0 Å². The van der Waals surface area contributed by atoms with Crippen molar-refractivity contribution < 1.29 is 8.78 Å². The second-order valence-electron chi connectivity index (χ2n) is 4.84. The minimum Gasteiger partial charge on any atom is -0.207 e. The Morgan fingerprint density at radius 1 is 0.950 bits per heavy atom. The van der Waals surface area contributed by atoms with Gasteiger partial charge < -0.3 is 0 Å². The number of hydrogen-bond donors (Lipinski definition) is 0. The summed E-state index contributed by atoms with van der Waals surface area (Å²) in [5.74, 6) is -0.804. The first-order valence-corrected chi connectivity index (χ1v) is 7.82. The van der Waals surface area contributed by atoms with E-state index in [2.05, 4.69) is 15.9 Å². The van der Waals surface area contributed by atoms with Crippen LogP contribution in [0.1, 0.15) is 11.1 Å². The lowest BCUT2D eigenvalue weighted by Gasteiger charge is -2.14. The minimum absolute atomic E-state index is 0.259. The first-order valence-electron chi connectivity index (χ1n) is 6.32. The normalized spacial score (nSPS) is 12.4. The summed E-state index contributed by atoms with van der Waals surface area (Å²) in [6.07, 6.45) is 1.43. The molecule has 0 N–H and O–H groups in total. The van der Waals surface area contributed by atoms with Crippen molar-refractivity contribution >= 4 is 27.5 Å². The highest BCUT2D eigenvalue weighted by atomic mass is 79.9. The van der Waals surface area contributed by atoms with Gasteiger partial charge in [0.05, 0.1) is 0 Å². The SMILES string of the molecule is Fc1cc(F)cc(CC(CBr)Cc2cccc(Cl)c2)c1. The fraction of sp³-hybridized carbons (Fsp3) is 0.250. The summed E-state index contributed by atoms with van der Waals surface area (Å²) in [6.45, 7) is 0. The van der Waals surface area contributed by atoms with Crippen molar-refractivity contribution in [1.29, 1.82) is 0 Å². The topological polar surface area (TPSA) is 0 Å². The van der Waals surface area contributed by atoms with Crippen LogP contribution >= 0.6 is 27.5 Å². The minimum atomic E-state index is -0.531. The van der Waals surface area contributed by atoms with Crippen molar-refractivity contribution in [2.24, 2.45) is 5.92 Å². The van der Waals surface area contributed by atoms with Gasteiger partial charge >= 0.3 is 0 Å². The maximum Gasteiger partial charge on any atom is 0.126 e. The summed E-state index contributed by atoms with van der Waals surface area (Å²) in [5, 5.41) is 1.46. The molecule has 0 aliphatic rings. The molecular formula is C16H14BrClF2. The van der Waals surface area contributed by atoms with E-state index in [-0.39, 0.29) is 5.92 Å². The predicted octanol–water partition coefficient (Wildman–Crippen LogP) is 5.41. The molecule has 0 saturated heterocycles. The number of halogens is 4. The van der Waals surface area contributed by atoms with Crippen LogP contribution < -0.4 is 0 Å². The van der Waals surface area contributed by atoms with Crippen LogP contribution in [0.15, 0.2) is 42.5 Å². The number of alkyl halides is 1. The molecule has 2 aromatic carbocycles. The van der Waals surface area contributed by atoms with Gasteiger partial charge in [0.2, 0.25) is 0 Å². The van der Waals surface area contributed by atoms with Gasteiger partial charge in [-0.2, -0.15) is 0 Å². The summed E-state index contributed by atoms with van der Waals surface area (Å²) < 4.78 is 26.4. The third kappa shape index (κ3) is 4.57. The summed E-state index contributed by atoms with van der Waals surface area (Å²) in [7, 11) is 0. The van der Waals surface area contributed by atoms with Crippen LogP contribution in [0.3, 0.4) is 0 Å². The van der Waals surface area contributed by atoms with Crippen molar-refractivity contribution in [3.8, 4) is 0 Å². The van der Waals surface area contributed by atoms with E-state index in [1.807, 2.05) is 24.3 Å². The maximum absolute atomic E-state index is 13.2. The molecule has 106 valence electrons. The lowest BCUT2D eigenvalue weighted by molar-refractivity contribution is 0.560. The Balaban J connectivity index is 2.09. The number of hydrogen-bond acceptors (Lipinski definition) is 0. The quantitative estimate of drug-likeness (QED) is 0.626. The zero-order valence-corrected chi connectivity index (χ0v) is 13.1. The first kappa shape index (κ1) is 15.5. The Kier molecular flexibility index (Phi) is 5.55. The van der Waals surface area contributed by atoms with Gasteiger partial charge in [0.15, 0.2) is 0 Å². The van der Waals surface area contributed by atoms with E-state index in [1.165, 1.54) is 12.1 Å². The summed E-state index contributed by atoms with van der Waals surface area (Å²) >= 11 is 9.43. The molecule has 2 rings (SSSR count). The zero-order chi connectivity index (χ0) is 14.5. The molecule has 0 radical (unpaired) electrons. The van der Waals surface area contributed by atoms with Crippen molar-refractivity contribution in [2.75, 3.05) is 5.33 Å². The van der Waals surface area contributed by atoms with Gasteiger partial charge in [0.25, 0.3) is 0 Å². The molecule has 0 aromatic heterocycles. The molecule has 0 nitrogen and oxygen atoms in total. The number of benzene rings is 2. The van der Waals surface area contributed by atoms with E-state index in [9.17, 15) is 8.78 Å². The van der Waals surface area contributed by atoms with Gasteiger partial charge in [-0.05, 0) is 54.2 Å². The molecule has 0 aliphatic heterocycles. The molecule has 4 heteroatoms. The second-order valence-corrected chi connectivity index (χ2v) is 5.92. The van der Waals surface area contributed by atoms with E-state index < -0.39 is 11.6 Å². The molecule has 2 aromatic rings. The van der Waals surface area contributed by atoms with Crippen LogP contribution in [0.2, 0.25) is 5.02 Å². The molecule has 1 unspecified atom stereocenters. The van der Waals surface area contributed by atoms with Gasteiger partial charge in [-0.25, -0.2) is 8.78 Å². The van der Waals surface area contributed by atoms with Crippen LogP contribution in [-0.2, 0) is 12.8 Å². The Hall–Kier alpha value is -0.930. The van der Waals surface area contributed by atoms with Crippen LogP contribution in [0.5, 0.6) is 0 Å². The van der Waals surface area contributed by atoms with E-state index in [0.29, 0.717) is 17.0 Å². The maximum atomic E-state index is 13.2. The third-order valence-corrected chi connectivity index (χ3v) is 4.23. The molecular weight excluding hydrogens is 346 g/mol. The molecule has 0 aliphatic carbocycles. The molecule has 0 spiro atoms. The van der Waals surface area contributed by atoms with Gasteiger partial charge in [0, 0.05) is 16.4 Å². The van der Waals surface area contributed by atoms with Crippen LogP contribution in [0, 0.1) is 17.6 Å². The molecule has 20 heavy (non-hydrogen) atoms. The fourth-order valence-electron chi connectivity index (χ4n) is 2.24. The van der Waals surface area contributed by atoms with Gasteiger partial charge in [-0.3, -0.25) is 0 Å². The average Bonchev–Trinajstić information content (AvgIpc) is 2.36. The van der Waals surface area contributed by atoms with Crippen molar-refractivity contribution in [2.45, 2.75) is 12.8 Å². The van der Waals surface area contributed by atoms with Crippen LogP contribution in [-0.4, -0.2) is 5.33 Å².